The third-order valence-electron chi connectivity index (χ3n) is 6.80. The summed E-state index contributed by atoms with van der Waals surface area (Å²) in [6, 6.07) is 2.33. The standard InChI is InChI=1S/C24H32N4O3S/c1-23(2,3)31-22(29)28(5)24(4)11-8-16(9-12-24)30-20-19-18-15(10-13-25)6-7-17(18)32-21(19)27-14-26-20/h14-16H,6-12H2,1-5H3/t15-,16?,24?/m1/s1. The van der Waals surface area contributed by atoms with Crippen LogP contribution in [0.15, 0.2) is 6.33 Å². The molecule has 0 N–H and O–H groups in total. The molecular formula is C24H32N4O3S. The predicted octanol–water partition coefficient (Wildman–Crippen LogP) is 5.58. The molecule has 4 rings (SSSR count). The van der Waals surface area contributed by atoms with Crippen molar-refractivity contribution in [3.05, 3.63) is 16.8 Å². The van der Waals surface area contributed by atoms with E-state index >= 15 is 0 Å². The Kier molecular flexibility index (Phi) is 6.06. The first kappa shape index (κ1) is 22.8. The topological polar surface area (TPSA) is 88.3 Å². The van der Waals surface area contributed by atoms with Crippen LogP contribution in [0.1, 0.15) is 82.6 Å². The first-order chi connectivity index (χ1) is 15.1. The highest BCUT2D eigenvalue weighted by Gasteiger charge is 2.39. The fraction of sp³-hybridized carbons (Fsp3) is 0.667. The van der Waals surface area contributed by atoms with Gasteiger partial charge in [-0.2, -0.15) is 5.26 Å². The number of carbonyl (C=O) groups excluding carboxylic acids is 1. The Morgan fingerprint density at radius 3 is 2.69 bits per heavy atom. The second-order valence-corrected chi connectivity index (χ2v) is 11.3. The Hall–Kier alpha value is -2.40. The van der Waals surface area contributed by atoms with Crippen LogP contribution in [-0.4, -0.2) is 45.3 Å². The SMILES string of the molecule is CN(C(=O)OC(C)(C)C)C1(C)CCC(Oc2ncnc3sc4c(c23)[C@@H](CC#N)CC4)CC1. The summed E-state index contributed by atoms with van der Waals surface area (Å²) in [7, 11) is 1.83. The van der Waals surface area contributed by atoms with E-state index < -0.39 is 5.60 Å². The summed E-state index contributed by atoms with van der Waals surface area (Å²) in [6.07, 6.45) is 7.21. The van der Waals surface area contributed by atoms with Crippen molar-refractivity contribution in [2.45, 2.75) is 95.8 Å². The average Bonchev–Trinajstić information content (AvgIpc) is 3.28. The maximum atomic E-state index is 12.6. The monoisotopic (exact) mass is 456 g/mol. The fourth-order valence-corrected chi connectivity index (χ4v) is 6.05. The van der Waals surface area contributed by atoms with Crippen LogP contribution in [0.4, 0.5) is 4.79 Å². The molecule has 2 aliphatic rings. The number of aryl methyl sites for hydroxylation is 1. The van der Waals surface area contributed by atoms with Crippen LogP contribution in [0.3, 0.4) is 0 Å². The highest BCUT2D eigenvalue weighted by molar-refractivity contribution is 7.19. The van der Waals surface area contributed by atoms with Gasteiger partial charge in [-0.15, -0.1) is 11.3 Å². The minimum Gasteiger partial charge on any atom is -0.474 e. The van der Waals surface area contributed by atoms with Gasteiger partial charge in [-0.25, -0.2) is 14.8 Å². The van der Waals surface area contributed by atoms with E-state index in [1.54, 1.807) is 22.6 Å². The summed E-state index contributed by atoms with van der Waals surface area (Å²) in [5.74, 6) is 0.890. The molecule has 8 heteroatoms. The number of nitrogens with zero attached hydrogens (tertiary/aromatic N) is 4. The number of rotatable bonds is 4. The third-order valence-corrected chi connectivity index (χ3v) is 7.97. The first-order valence-electron chi connectivity index (χ1n) is 11.4. The Labute approximate surface area is 193 Å². The Balaban J connectivity index is 1.47. The van der Waals surface area contributed by atoms with Crippen molar-refractivity contribution in [2.24, 2.45) is 0 Å². The van der Waals surface area contributed by atoms with Gasteiger partial charge in [0.25, 0.3) is 0 Å². The lowest BCUT2D eigenvalue weighted by Crippen LogP contribution is -2.51. The van der Waals surface area contributed by atoms with E-state index in [1.165, 1.54) is 10.4 Å². The van der Waals surface area contributed by atoms with Crippen molar-refractivity contribution in [3.8, 4) is 11.9 Å². The summed E-state index contributed by atoms with van der Waals surface area (Å²) >= 11 is 1.70. The van der Waals surface area contributed by atoms with Crippen LogP contribution < -0.4 is 4.74 Å². The normalized spacial score (nSPS) is 25.2. The summed E-state index contributed by atoms with van der Waals surface area (Å²) in [5.41, 5.74) is 0.461. The van der Waals surface area contributed by atoms with E-state index in [-0.39, 0.29) is 23.7 Å². The van der Waals surface area contributed by atoms with Crippen LogP contribution in [0, 0.1) is 11.3 Å². The van der Waals surface area contributed by atoms with Gasteiger partial charge in [-0.1, -0.05) is 0 Å². The van der Waals surface area contributed by atoms with Gasteiger partial charge >= 0.3 is 6.09 Å². The van der Waals surface area contributed by atoms with Gasteiger partial charge in [-0.3, -0.25) is 0 Å². The molecule has 1 atom stereocenters. The summed E-state index contributed by atoms with van der Waals surface area (Å²) < 4.78 is 12.0. The number of aromatic nitrogens is 2. The first-order valence-corrected chi connectivity index (χ1v) is 12.2. The van der Waals surface area contributed by atoms with Crippen LogP contribution in [0.2, 0.25) is 0 Å². The van der Waals surface area contributed by atoms with E-state index in [1.807, 2.05) is 27.8 Å². The van der Waals surface area contributed by atoms with Gasteiger partial charge in [0.2, 0.25) is 5.88 Å². The third kappa shape index (κ3) is 4.40. The van der Waals surface area contributed by atoms with Gasteiger partial charge in [0, 0.05) is 23.9 Å². The van der Waals surface area contributed by atoms with Gasteiger partial charge in [-0.05, 0) is 77.7 Å². The maximum absolute atomic E-state index is 12.6. The molecule has 172 valence electrons. The number of carbonyl (C=O) groups is 1. The quantitative estimate of drug-likeness (QED) is 0.596. The molecule has 7 nitrogen and oxygen atoms in total. The van der Waals surface area contributed by atoms with Crippen molar-refractivity contribution in [2.75, 3.05) is 7.05 Å². The number of hydrogen-bond acceptors (Lipinski definition) is 7. The summed E-state index contributed by atoms with van der Waals surface area (Å²) in [4.78, 5) is 25.6. The van der Waals surface area contributed by atoms with Crippen LogP contribution >= 0.6 is 11.3 Å². The van der Waals surface area contributed by atoms with Crippen molar-refractivity contribution >= 4 is 27.6 Å². The zero-order chi connectivity index (χ0) is 23.1. The second kappa shape index (κ2) is 8.51. The van der Waals surface area contributed by atoms with Crippen LogP contribution in [0.5, 0.6) is 5.88 Å². The largest absolute Gasteiger partial charge is 0.474 e. The molecule has 2 aromatic rings. The number of fused-ring (bicyclic) bond motifs is 3. The van der Waals surface area contributed by atoms with Gasteiger partial charge < -0.3 is 14.4 Å². The van der Waals surface area contributed by atoms with Crippen molar-refractivity contribution in [1.29, 1.82) is 5.26 Å². The molecule has 2 aliphatic carbocycles. The molecule has 1 saturated carbocycles. The molecule has 1 amide bonds. The molecule has 0 aromatic carbocycles. The molecular weight excluding hydrogens is 424 g/mol. The zero-order valence-corrected chi connectivity index (χ0v) is 20.4. The molecule has 0 unspecified atom stereocenters. The fourth-order valence-electron chi connectivity index (χ4n) is 4.82. The maximum Gasteiger partial charge on any atom is 0.410 e. The molecule has 0 aliphatic heterocycles. The summed E-state index contributed by atoms with van der Waals surface area (Å²) in [5, 5.41) is 10.2. The number of ether oxygens (including phenoxy) is 2. The van der Waals surface area contributed by atoms with Crippen molar-refractivity contribution in [3.63, 3.8) is 0 Å². The van der Waals surface area contributed by atoms with Crippen LogP contribution in [-0.2, 0) is 11.2 Å². The molecule has 0 spiro atoms. The van der Waals surface area contributed by atoms with E-state index in [2.05, 4.69) is 23.0 Å². The van der Waals surface area contributed by atoms with Gasteiger partial charge in [0.05, 0.1) is 11.5 Å². The average molecular weight is 457 g/mol. The van der Waals surface area contributed by atoms with E-state index in [0.717, 1.165) is 48.7 Å². The van der Waals surface area contributed by atoms with Crippen LogP contribution in [0.25, 0.3) is 10.2 Å². The molecule has 2 aromatic heterocycles. The minimum atomic E-state index is -0.509. The van der Waals surface area contributed by atoms with Crippen molar-refractivity contribution < 1.29 is 14.3 Å². The Morgan fingerprint density at radius 1 is 1.31 bits per heavy atom. The molecule has 0 saturated heterocycles. The highest BCUT2D eigenvalue weighted by atomic mass is 32.1. The number of hydrogen-bond donors (Lipinski definition) is 0. The van der Waals surface area contributed by atoms with Gasteiger partial charge in [0.15, 0.2) is 0 Å². The van der Waals surface area contributed by atoms with Gasteiger partial charge in [0.1, 0.15) is 22.9 Å². The highest BCUT2D eigenvalue weighted by Crippen LogP contribution is 2.47. The number of thiophene rings is 1. The lowest BCUT2D eigenvalue weighted by Gasteiger charge is -2.43. The molecule has 1 fully saturated rings. The Bertz CT molecular complexity index is 1040. The minimum absolute atomic E-state index is 0.0413. The zero-order valence-electron chi connectivity index (χ0n) is 19.6. The number of amides is 1. The Morgan fingerprint density at radius 2 is 2.03 bits per heavy atom. The summed E-state index contributed by atoms with van der Waals surface area (Å²) in [6.45, 7) is 7.78. The molecule has 0 bridgehead atoms. The molecule has 2 heterocycles. The molecule has 32 heavy (non-hydrogen) atoms. The van der Waals surface area contributed by atoms with E-state index in [0.29, 0.717) is 12.3 Å². The second-order valence-electron chi connectivity index (χ2n) is 10.2. The lowest BCUT2D eigenvalue weighted by atomic mass is 9.81. The lowest BCUT2D eigenvalue weighted by molar-refractivity contribution is -0.00903. The smallest absolute Gasteiger partial charge is 0.410 e. The van der Waals surface area contributed by atoms with E-state index in [9.17, 15) is 10.1 Å². The molecule has 0 radical (unpaired) electrons. The predicted molar refractivity (Wildman–Crippen MR) is 124 cm³/mol. The van der Waals surface area contributed by atoms with Crippen molar-refractivity contribution in [1.82, 2.24) is 14.9 Å². The number of nitriles is 1. The van der Waals surface area contributed by atoms with E-state index in [4.69, 9.17) is 9.47 Å².